The molecule has 0 fully saturated rings. The molecule has 0 aromatic rings. The van der Waals surface area contributed by atoms with Crippen LogP contribution >= 0.6 is 0 Å². The molecule has 0 amide bonds. The molecule has 0 aliphatic rings. The third-order valence-electron chi connectivity index (χ3n) is 0.705. The molecule has 0 atom stereocenters. The van der Waals surface area contributed by atoms with Gasteiger partial charge in [-0.1, -0.05) is 0 Å². The Hall–Kier alpha value is -0.170. The van der Waals surface area contributed by atoms with E-state index in [1.165, 1.54) is 7.05 Å². The van der Waals surface area contributed by atoms with E-state index in [9.17, 15) is 8.42 Å². The van der Waals surface area contributed by atoms with Gasteiger partial charge < -0.3 is 5.73 Å². The normalized spacial score (nSPS) is 11.8. The lowest BCUT2D eigenvalue weighted by atomic mass is 10.7. The van der Waals surface area contributed by atoms with E-state index in [-0.39, 0.29) is 6.54 Å². The second-order valence-electron chi connectivity index (χ2n) is 1.39. The van der Waals surface area contributed by atoms with E-state index in [1.807, 2.05) is 0 Å². The summed E-state index contributed by atoms with van der Waals surface area (Å²) in [6.45, 7) is 0.573. The van der Waals surface area contributed by atoms with Crippen LogP contribution in [0.1, 0.15) is 0 Å². The fraction of sp³-hybridized carbons (Fsp3) is 1.00. The molecule has 9 heavy (non-hydrogen) atoms. The van der Waals surface area contributed by atoms with Gasteiger partial charge in [-0.25, -0.2) is 9.44 Å². The highest BCUT2D eigenvalue weighted by Crippen LogP contribution is 1.68. The standard InChI is InChI=1S/C3H11N3O2S/c1-5-9(7,8)6-3-2-4/h5-6H,2-4H2,1H3. The Morgan fingerprint density at radius 3 is 2.44 bits per heavy atom. The molecule has 6 heteroatoms. The molecule has 0 bridgehead atoms. The highest BCUT2D eigenvalue weighted by atomic mass is 32.2. The Morgan fingerprint density at radius 1 is 1.56 bits per heavy atom. The van der Waals surface area contributed by atoms with Gasteiger partial charge in [0.25, 0.3) is 10.2 Å². The molecular formula is C3H11N3O2S. The van der Waals surface area contributed by atoms with Gasteiger partial charge in [-0.3, -0.25) is 0 Å². The third-order valence-corrected chi connectivity index (χ3v) is 1.83. The molecule has 0 saturated heterocycles. The zero-order valence-corrected chi connectivity index (χ0v) is 6.03. The van der Waals surface area contributed by atoms with Gasteiger partial charge in [0.1, 0.15) is 0 Å². The van der Waals surface area contributed by atoms with Gasteiger partial charge in [0.2, 0.25) is 0 Å². The van der Waals surface area contributed by atoms with Crippen molar-refractivity contribution in [1.82, 2.24) is 9.44 Å². The molecule has 0 spiro atoms. The lowest BCUT2D eigenvalue weighted by molar-refractivity contribution is 0.574. The molecule has 0 aliphatic carbocycles. The first-order valence-corrected chi connectivity index (χ1v) is 3.99. The maximum atomic E-state index is 10.5. The van der Waals surface area contributed by atoms with Gasteiger partial charge in [-0.15, -0.1) is 0 Å². The average molecular weight is 153 g/mol. The lowest BCUT2D eigenvalue weighted by Gasteiger charge is -2.00. The van der Waals surface area contributed by atoms with Crippen molar-refractivity contribution in [3.05, 3.63) is 0 Å². The zero-order valence-electron chi connectivity index (χ0n) is 5.22. The van der Waals surface area contributed by atoms with Crippen LogP contribution in [-0.4, -0.2) is 28.6 Å². The minimum atomic E-state index is -3.26. The summed E-state index contributed by atoms with van der Waals surface area (Å²) in [5.41, 5.74) is 5.04. The molecule has 5 nitrogen and oxygen atoms in total. The van der Waals surface area contributed by atoms with E-state index >= 15 is 0 Å². The first-order valence-electron chi connectivity index (χ1n) is 2.50. The Balaban J connectivity index is 3.61. The van der Waals surface area contributed by atoms with Crippen molar-refractivity contribution in [2.75, 3.05) is 20.1 Å². The molecule has 0 unspecified atom stereocenters. The second kappa shape index (κ2) is 3.78. The van der Waals surface area contributed by atoms with E-state index < -0.39 is 10.2 Å². The van der Waals surface area contributed by atoms with Crippen molar-refractivity contribution in [3.63, 3.8) is 0 Å². The molecular weight excluding hydrogens is 142 g/mol. The Labute approximate surface area is 54.8 Å². The molecule has 0 heterocycles. The quantitative estimate of drug-likeness (QED) is 0.436. The third kappa shape index (κ3) is 4.34. The summed E-state index contributed by atoms with van der Waals surface area (Å²) in [4.78, 5) is 0. The van der Waals surface area contributed by atoms with E-state index in [4.69, 9.17) is 5.73 Å². The number of rotatable bonds is 4. The monoisotopic (exact) mass is 153 g/mol. The second-order valence-corrected chi connectivity index (χ2v) is 3.09. The lowest BCUT2D eigenvalue weighted by Crippen LogP contribution is -2.36. The Kier molecular flexibility index (Phi) is 3.71. The van der Waals surface area contributed by atoms with Crippen molar-refractivity contribution < 1.29 is 8.42 Å². The summed E-state index contributed by atoms with van der Waals surface area (Å²) in [5, 5.41) is 0. The SMILES string of the molecule is CNS(=O)(=O)NCCN. The van der Waals surface area contributed by atoms with Crippen LogP contribution in [0.4, 0.5) is 0 Å². The van der Waals surface area contributed by atoms with Gasteiger partial charge in [-0.2, -0.15) is 8.42 Å². The van der Waals surface area contributed by atoms with Crippen LogP contribution in [0.25, 0.3) is 0 Å². The Bertz CT molecular complexity index is 152. The molecule has 0 aliphatic heterocycles. The molecule has 0 aromatic carbocycles. The topological polar surface area (TPSA) is 84.2 Å². The largest absolute Gasteiger partial charge is 0.329 e. The summed E-state index contributed by atoms with van der Waals surface area (Å²) >= 11 is 0. The van der Waals surface area contributed by atoms with Crippen molar-refractivity contribution >= 4 is 10.2 Å². The maximum absolute atomic E-state index is 10.5. The van der Waals surface area contributed by atoms with Gasteiger partial charge >= 0.3 is 0 Å². The molecule has 4 N–H and O–H groups in total. The minimum absolute atomic E-state index is 0.267. The minimum Gasteiger partial charge on any atom is -0.329 e. The van der Waals surface area contributed by atoms with Gasteiger partial charge in [-0.05, 0) is 0 Å². The summed E-state index contributed by atoms with van der Waals surface area (Å²) < 4.78 is 25.2. The molecule has 0 saturated carbocycles. The van der Waals surface area contributed by atoms with E-state index in [2.05, 4.69) is 9.44 Å². The van der Waals surface area contributed by atoms with E-state index in [0.717, 1.165) is 0 Å². The highest BCUT2D eigenvalue weighted by Gasteiger charge is 2.01. The van der Waals surface area contributed by atoms with E-state index in [0.29, 0.717) is 6.54 Å². The maximum Gasteiger partial charge on any atom is 0.276 e. The van der Waals surface area contributed by atoms with Gasteiger partial charge in [0.15, 0.2) is 0 Å². The molecule has 0 aromatic heterocycles. The molecule has 0 radical (unpaired) electrons. The van der Waals surface area contributed by atoms with Crippen LogP contribution in [-0.2, 0) is 10.2 Å². The summed E-state index contributed by atoms with van der Waals surface area (Å²) in [5.74, 6) is 0. The number of nitrogens with two attached hydrogens (primary N) is 1. The molecule has 56 valence electrons. The van der Waals surface area contributed by atoms with Crippen LogP contribution < -0.4 is 15.2 Å². The zero-order chi connectivity index (χ0) is 7.33. The predicted octanol–water partition coefficient (Wildman–Crippen LogP) is -2.00. The van der Waals surface area contributed by atoms with Crippen LogP contribution in [0.2, 0.25) is 0 Å². The first kappa shape index (κ1) is 8.83. The molecule has 0 rings (SSSR count). The first-order chi connectivity index (χ1) is 4.12. The fourth-order valence-electron chi connectivity index (χ4n) is 0.265. The average Bonchev–Trinajstić information content (AvgIpc) is 1.84. The van der Waals surface area contributed by atoms with Crippen molar-refractivity contribution in [2.45, 2.75) is 0 Å². The van der Waals surface area contributed by atoms with Gasteiger partial charge in [0, 0.05) is 20.1 Å². The fourth-order valence-corrected chi connectivity index (χ4v) is 0.796. The van der Waals surface area contributed by atoms with E-state index in [1.54, 1.807) is 0 Å². The Morgan fingerprint density at radius 2 is 2.11 bits per heavy atom. The summed E-state index contributed by atoms with van der Waals surface area (Å²) in [7, 11) is -1.93. The van der Waals surface area contributed by atoms with Crippen molar-refractivity contribution in [1.29, 1.82) is 0 Å². The number of hydrogen-bond donors (Lipinski definition) is 3. The number of hydrogen-bond acceptors (Lipinski definition) is 3. The number of nitrogens with one attached hydrogen (secondary N) is 2. The smallest absolute Gasteiger partial charge is 0.276 e. The highest BCUT2D eigenvalue weighted by molar-refractivity contribution is 7.87. The van der Waals surface area contributed by atoms with Crippen LogP contribution in [0.5, 0.6) is 0 Å². The van der Waals surface area contributed by atoms with Gasteiger partial charge in [0.05, 0.1) is 0 Å². The summed E-state index contributed by atoms with van der Waals surface area (Å²) in [6.07, 6.45) is 0. The van der Waals surface area contributed by atoms with Crippen LogP contribution in [0, 0.1) is 0 Å². The van der Waals surface area contributed by atoms with Crippen molar-refractivity contribution in [3.8, 4) is 0 Å². The van der Waals surface area contributed by atoms with Crippen LogP contribution in [0.15, 0.2) is 0 Å². The van der Waals surface area contributed by atoms with Crippen molar-refractivity contribution in [2.24, 2.45) is 5.73 Å². The predicted molar refractivity (Wildman–Crippen MR) is 35.0 cm³/mol. The van der Waals surface area contributed by atoms with Crippen LogP contribution in [0.3, 0.4) is 0 Å². The summed E-state index contributed by atoms with van der Waals surface area (Å²) in [6, 6.07) is 0.